The summed E-state index contributed by atoms with van der Waals surface area (Å²) in [5.74, 6) is 0. The molecule has 2 rings (SSSR count). The maximum atomic E-state index is 13.7. The lowest BCUT2D eigenvalue weighted by Gasteiger charge is -2.32. The zero-order valence-electron chi connectivity index (χ0n) is 12.7. The molecule has 1 aliphatic heterocycles. The molecule has 1 unspecified atom stereocenters. The maximum absolute atomic E-state index is 13.7. The summed E-state index contributed by atoms with van der Waals surface area (Å²) in [5.41, 5.74) is -4.39. The van der Waals surface area contributed by atoms with E-state index in [-0.39, 0.29) is 11.3 Å². The van der Waals surface area contributed by atoms with Gasteiger partial charge in [0.25, 0.3) is 11.3 Å². The standard InChI is InChI=1S/C14H15F3N2O4/c1-12(2,3)18-8-13(14(15,16)17,23-11(18)20)9-4-6-10(7-5-9)19(21)22/h4-7H,8H2,1-3H3. The fourth-order valence-corrected chi connectivity index (χ4v) is 2.35. The van der Waals surface area contributed by atoms with E-state index >= 15 is 0 Å². The number of carbonyl (C=O) groups is 1. The average Bonchev–Trinajstić information content (AvgIpc) is 2.77. The van der Waals surface area contributed by atoms with Gasteiger partial charge in [-0.05, 0) is 32.9 Å². The largest absolute Gasteiger partial charge is 0.434 e. The van der Waals surface area contributed by atoms with E-state index in [0.29, 0.717) is 0 Å². The van der Waals surface area contributed by atoms with E-state index in [0.717, 1.165) is 29.2 Å². The van der Waals surface area contributed by atoms with Crippen molar-refractivity contribution < 1.29 is 27.6 Å². The summed E-state index contributed by atoms with van der Waals surface area (Å²) in [4.78, 5) is 22.8. The van der Waals surface area contributed by atoms with Crippen LogP contribution in [0.3, 0.4) is 0 Å². The number of hydrogen-bond donors (Lipinski definition) is 0. The lowest BCUT2D eigenvalue weighted by Crippen LogP contribution is -2.48. The predicted molar refractivity (Wildman–Crippen MR) is 73.8 cm³/mol. The summed E-state index contributed by atoms with van der Waals surface area (Å²) in [6.07, 6.45) is -5.94. The van der Waals surface area contributed by atoms with E-state index in [9.17, 15) is 28.1 Å². The van der Waals surface area contributed by atoms with Gasteiger partial charge in [-0.15, -0.1) is 0 Å². The minimum Gasteiger partial charge on any atom is -0.426 e. The fourth-order valence-electron chi connectivity index (χ4n) is 2.35. The molecule has 1 aliphatic rings. The van der Waals surface area contributed by atoms with Crippen LogP contribution in [0.5, 0.6) is 0 Å². The van der Waals surface area contributed by atoms with Crippen LogP contribution in [-0.4, -0.2) is 34.2 Å². The summed E-state index contributed by atoms with van der Waals surface area (Å²) in [6.45, 7) is 4.07. The van der Waals surface area contributed by atoms with E-state index in [1.807, 2.05) is 0 Å². The number of hydrogen-bond acceptors (Lipinski definition) is 4. The monoisotopic (exact) mass is 332 g/mol. The minimum absolute atomic E-state index is 0.344. The molecule has 0 radical (unpaired) electrons. The number of benzene rings is 1. The van der Waals surface area contributed by atoms with Gasteiger partial charge in [-0.2, -0.15) is 13.2 Å². The van der Waals surface area contributed by atoms with Crippen molar-refractivity contribution in [3.05, 3.63) is 39.9 Å². The van der Waals surface area contributed by atoms with Gasteiger partial charge in [0.15, 0.2) is 0 Å². The molecule has 0 bridgehead atoms. The first-order valence-corrected chi connectivity index (χ1v) is 6.71. The Morgan fingerprint density at radius 3 is 2.09 bits per heavy atom. The number of nitro groups is 1. The Labute approximate surface area is 130 Å². The van der Waals surface area contributed by atoms with E-state index in [4.69, 9.17) is 4.74 Å². The first kappa shape index (κ1) is 17.0. The predicted octanol–water partition coefficient (Wildman–Crippen LogP) is 3.60. The van der Waals surface area contributed by atoms with Crippen LogP contribution in [0.2, 0.25) is 0 Å². The van der Waals surface area contributed by atoms with Crippen molar-refractivity contribution in [3.63, 3.8) is 0 Å². The van der Waals surface area contributed by atoms with Gasteiger partial charge in [0.1, 0.15) is 0 Å². The smallest absolute Gasteiger partial charge is 0.426 e. The second-order valence-electron chi connectivity index (χ2n) is 6.25. The maximum Gasteiger partial charge on any atom is 0.434 e. The molecular weight excluding hydrogens is 317 g/mol. The Balaban J connectivity index is 2.51. The molecular formula is C14H15F3N2O4. The second kappa shape index (κ2) is 5.10. The van der Waals surface area contributed by atoms with Crippen LogP contribution in [0.1, 0.15) is 26.3 Å². The molecule has 0 aliphatic carbocycles. The average molecular weight is 332 g/mol. The molecule has 0 saturated carbocycles. The molecule has 126 valence electrons. The number of alkyl halides is 3. The highest BCUT2D eigenvalue weighted by atomic mass is 19.4. The van der Waals surface area contributed by atoms with E-state index in [2.05, 4.69) is 0 Å². The summed E-state index contributed by atoms with van der Waals surface area (Å²) in [6, 6.07) is 3.84. The van der Waals surface area contributed by atoms with Crippen molar-refractivity contribution in [3.8, 4) is 0 Å². The SMILES string of the molecule is CC(C)(C)N1CC(c2ccc([N+](=O)[O-])cc2)(C(F)(F)F)OC1=O. The lowest BCUT2D eigenvalue weighted by atomic mass is 9.91. The molecule has 9 heteroatoms. The van der Waals surface area contributed by atoms with Gasteiger partial charge in [0.2, 0.25) is 0 Å². The van der Waals surface area contributed by atoms with Crippen molar-refractivity contribution >= 4 is 11.8 Å². The Bertz CT molecular complexity index is 637. The topological polar surface area (TPSA) is 72.7 Å². The van der Waals surface area contributed by atoms with Gasteiger partial charge < -0.3 is 4.74 Å². The summed E-state index contributed by atoms with van der Waals surface area (Å²) < 4.78 is 45.7. The van der Waals surface area contributed by atoms with Crippen molar-refractivity contribution in [2.45, 2.75) is 38.1 Å². The van der Waals surface area contributed by atoms with Crippen LogP contribution >= 0.6 is 0 Å². The number of nitrogens with zero attached hydrogens (tertiary/aromatic N) is 2. The second-order valence-corrected chi connectivity index (χ2v) is 6.25. The Kier molecular flexibility index (Phi) is 3.78. The quantitative estimate of drug-likeness (QED) is 0.613. The van der Waals surface area contributed by atoms with Crippen molar-refractivity contribution in [1.29, 1.82) is 0 Å². The number of ether oxygens (including phenoxy) is 1. The molecule has 0 N–H and O–H groups in total. The zero-order valence-corrected chi connectivity index (χ0v) is 12.7. The fraction of sp³-hybridized carbons (Fsp3) is 0.500. The molecule has 6 nitrogen and oxygen atoms in total. The highest BCUT2D eigenvalue weighted by Crippen LogP contribution is 2.48. The molecule has 0 aromatic heterocycles. The molecule has 1 aromatic carbocycles. The van der Waals surface area contributed by atoms with E-state index in [1.165, 1.54) is 0 Å². The van der Waals surface area contributed by atoms with Crippen LogP contribution in [0, 0.1) is 10.1 Å². The van der Waals surface area contributed by atoms with Crippen molar-refractivity contribution in [1.82, 2.24) is 4.90 Å². The van der Waals surface area contributed by atoms with Gasteiger partial charge in [0, 0.05) is 23.2 Å². The van der Waals surface area contributed by atoms with Crippen molar-refractivity contribution in [2.75, 3.05) is 6.54 Å². The molecule has 1 fully saturated rings. The molecule has 1 heterocycles. The minimum atomic E-state index is -4.86. The molecule has 1 amide bonds. The number of amides is 1. The van der Waals surface area contributed by atoms with Gasteiger partial charge in [-0.25, -0.2) is 4.79 Å². The van der Waals surface area contributed by atoms with Crippen LogP contribution < -0.4 is 0 Å². The number of carbonyl (C=O) groups excluding carboxylic acids is 1. The van der Waals surface area contributed by atoms with Gasteiger partial charge >= 0.3 is 12.3 Å². The summed E-state index contributed by atoms with van der Waals surface area (Å²) >= 11 is 0. The van der Waals surface area contributed by atoms with Crippen LogP contribution in [0.25, 0.3) is 0 Å². The first-order chi connectivity index (χ1) is 10.4. The normalized spacial score (nSPS) is 22.2. The number of rotatable bonds is 2. The highest BCUT2D eigenvalue weighted by molar-refractivity contribution is 5.72. The Morgan fingerprint density at radius 1 is 1.22 bits per heavy atom. The number of cyclic esters (lactones) is 1. The number of non-ortho nitro benzene ring substituents is 1. The van der Waals surface area contributed by atoms with E-state index < -0.39 is 34.9 Å². The zero-order chi connectivity index (χ0) is 17.6. The molecule has 23 heavy (non-hydrogen) atoms. The summed E-state index contributed by atoms with van der Waals surface area (Å²) in [7, 11) is 0. The third-order valence-corrected chi connectivity index (χ3v) is 3.67. The number of nitro benzene ring substituents is 1. The molecule has 1 saturated heterocycles. The van der Waals surface area contributed by atoms with Crippen LogP contribution in [0.15, 0.2) is 24.3 Å². The molecule has 1 atom stereocenters. The molecule has 1 aromatic rings. The van der Waals surface area contributed by atoms with Crippen LogP contribution in [-0.2, 0) is 10.3 Å². The van der Waals surface area contributed by atoms with E-state index in [1.54, 1.807) is 20.8 Å². The van der Waals surface area contributed by atoms with Gasteiger partial charge in [-0.3, -0.25) is 15.0 Å². The van der Waals surface area contributed by atoms with Crippen LogP contribution in [0.4, 0.5) is 23.7 Å². The van der Waals surface area contributed by atoms with Crippen molar-refractivity contribution in [2.24, 2.45) is 0 Å². The van der Waals surface area contributed by atoms with Gasteiger partial charge in [-0.1, -0.05) is 0 Å². The Hall–Kier alpha value is -2.32. The lowest BCUT2D eigenvalue weighted by molar-refractivity contribution is -0.384. The highest BCUT2D eigenvalue weighted by Gasteiger charge is 2.65. The third-order valence-electron chi connectivity index (χ3n) is 3.67. The third kappa shape index (κ3) is 2.82. The molecule has 0 spiro atoms. The Morgan fingerprint density at radius 2 is 1.74 bits per heavy atom. The summed E-state index contributed by atoms with van der Waals surface area (Å²) in [5, 5.41) is 10.6. The van der Waals surface area contributed by atoms with Gasteiger partial charge in [0.05, 0.1) is 11.5 Å². The first-order valence-electron chi connectivity index (χ1n) is 6.71. The number of halogens is 3.